The molecule has 0 unspecified atom stereocenters. The van der Waals surface area contributed by atoms with Crippen LogP contribution in [0.1, 0.15) is 23.2 Å². The van der Waals surface area contributed by atoms with Gasteiger partial charge in [-0.05, 0) is 24.3 Å². The number of hydrogen-bond acceptors (Lipinski definition) is 3. The molecule has 116 valence electrons. The van der Waals surface area contributed by atoms with Crippen LogP contribution in [-0.4, -0.2) is 41.4 Å². The number of anilines is 1. The van der Waals surface area contributed by atoms with Crippen molar-refractivity contribution in [1.29, 1.82) is 0 Å². The largest absolute Gasteiger partial charge is 0.478 e. The quantitative estimate of drug-likeness (QED) is 0.843. The molecule has 1 aromatic carbocycles. The molecular weight excluding hydrogens is 291 g/mol. The number of halogens is 3. The van der Waals surface area contributed by atoms with Crippen LogP contribution in [0.3, 0.4) is 0 Å². The van der Waals surface area contributed by atoms with Crippen molar-refractivity contribution in [3.8, 4) is 0 Å². The lowest BCUT2D eigenvalue weighted by Crippen LogP contribution is -2.34. The number of aliphatic hydroxyl groups excluding tert-OH is 1. The van der Waals surface area contributed by atoms with E-state index in [4.69, 9.17) is 10.2 Å². The van der Waals surface area contributed by atoms with E-state index >= 15 is 0 Å². The SMILES string of the molecule is O=C(O)c1ccc(N(CCO)C(=O)CCC(F)(F)F)cc1. The van der Waals surface area contributed by atoms with Gasteiger partial charge in [0.25, 0.3) is 0 Å². The fourth-order valence-corrected chi connectivity index (χ4v) is 1.67. The third kappa shape index (κ3) is 5.42. The molecule has 0 spiro atoms. The summed E-state index contributed by atoms with van der Waals surface area (Å²) in [6.07, 6.45) is -6.42. The third-order valence-corrected chi connectivity index (χ3v) is 2.67. The Kier molecular flexibility index (Phi) is 5.71. The number of aliphatic hydroxyl groups is 1. The van der Waals surface area contributed by atoms with Crippen molar-refractivity contribution in [2.75, 3.05) is 18.1 Å². The average Bonchev–Trinajstić information content (AvgIpc) is 2.41. The van der Waals surface area contributed by atoms with Gasteiger partial charge in [0.15, 0.2) is 0 Å². The topological polar surface area (TPSA) is 77.8 Å². The second kappa shape index (κ2) is 7.07. The molecule has 0 heterocycles. The molecule has 0 aliphatic rings. The predicted octanol–water partition coefficient (Wildman–Crippen LogP) is 2.05. The summed E-state index contributed by atoms with van der Waals surface area (Å²) in [5.74, 6) is -1.94. The van der Waals surface area contributed by atoms with Crippen LogP contribution in [0.2, 0.25) is 0 Å². The molecule has 0 aliphatic heterocycles. The van der Waals surface area contributed by atoms with Gasteiger partial charge in [-0.3, -0.25) is 4.79 Å². The lowest BCUT2D eigenvalue weighted by molar-refractivity contribution is -0.143. The highest BCUT2D eigenvalue weighted by atomic mass is 19.4. The number of alkyl halides is 3. The highest BCUT2D eigenvalue weighted by Gasteiger charge is 2.29. The molecule has 0 aliphatic carbocycles. The second-order valence-corrected chi connectivity index (χ2v) is 4.24. The summed E-state index contributed by atoms with van der Waals surface area (Å²) in [5, 5.41) is 17.7. The summed E-state index contributed by atoms with van der Waals surface area (Å²) >= 11 is 0. The van der Waals surface area contributed by atoms with E-state index in [1.807, 2.05) is 0 Å². The van der Waals surface area contributed by atoms with Crippen LogP contribution in [0.4, 0.5) is 18.9 Å². The molecule has 5 nitrogen and oxygen atoms in total. The van der Waals surface area contributed by atoms with E-state index in [0.29, 0.717) is 0 Å². The van der Waals surface area contributed by atoms with E-state index in [1.165, 1.54) is 24.3 Å². The van der Waals surface area contributed by atoms with Crippen LogP contribution in [0.25, 0.3) is 0 Å². The molecule has 1 rings (SSSR count). The summed E-state index contributed by atoms with van der Waals surface area (Å²) in [6, 6.07) is 5.09. The molecule has 0 bridgehead atoms. The Hall–Kier alpha value is -2.09. The Balaban J connectivity index is 2.85. The first-order chi connectivity index (χ1) is 9.74. The molecule has 21 heavy (non-hydrogen) atoms. The fraction of sp³-hybridized carbons (Fsp3) is 0.385. The van der Waals surface area contributed by atoms with Gasteiger partial charge in [-0.15, -0.1) is 0 Å². The van der Waals surface area contributed by atoms with Crippen molar-refractivity contribution >= 4 is 17.6 Å². The smallest absolute Gasteiger partial charge is 0.389 e. The molecule has 0 saturated carbocycles. The number of rotatable bonds is 6. The van der Waals surface area contributed by atoms with Crippen molar-refractivity contribution in [2.24, 2.45) is 0 Å². The fourth-order valence-electron chi connectivity index (χ4n) is 1.67. The van der Waals surface area contributed by atoms with Crippen LogP contribution in [0, 0.1) is 0 Å². The van der Waals surface area contributed by atoms with Crippen LogP contribution in [0.5, 0.6) is 0 Å². The number of carboxylic acids is 1. The lowest BCUT2D eigenvalue weighted by atomic mass is 10.2. The van der Waals surface area contributed by atoms with Crippen LogP contribution >= 0.6 is 0 Å². The van der Waals surface area contributed by atoms with E-state index < -0.39 is 37.5 Å². The number of hydrogen-bond donors (Lipinski definition) is 2. The minimum Gasteiger partial charge on any atom is -0.478 e. The van der Waals surface area contributed by atoms with Crippen LogP contribution in [-0.2, 0) is 4.79 Å². The highest BCUT2D eigenvalue weighted by Crippen LogP contribution is 2.23. The number of carbonyl (C=O) groups excluding carboxylic acids is 1. The number of amides is 1. The summed E-state index contributed by atoms with van der Waals surface area (Å²) in [6.45, 7) is -0.582. The lowest BCUT2D eigenvalue weighted by Gasteiger charge is -2.22. The maximum Gasteiger partial charge on any atom is 0.389 e. The molecule has 8 heteroatoms. The van der Waals surface area contributed by atoms with Crippen molar-refractivity contribution in [2.45, 2.75) is 19.0 Å². The normalized spacial score (nSPS) is 11.2. The van der Waals surface area contributed by atoms with Gasteiger partial charge in [0, 0.05) is 18.7 Å². The maximum atomic E-state index is 12.1. The Morgan fingerprint density at radius 3 is 2.14 bits per heavy atom. The van der Waals surface area contributed by atoms with Gasteiger partial charge >= 0.3 is 12.1 Å². The van der Waals surface area contributed by atoms with E-state index in [-0.39, 0.29) is 17.8 Å². The summed E-state index contributed by atoms with van der Waals surface area (Å²) < 4.78 is 36.4. The Labute approximate surface area is 118 Å². The third-order valence-electron chi connectivity index (χ3n) is 2.67. The van der Waals surface area contributed by atoms with Crippen LogP contribution < -0.4 is 4.90 Å². The summed E-state index contributed by atoms with van der Waals surface area (Å²) in [5.41, 5.74) is 0.228. The molecule has 0 atom stereocenters. The van der Waals surface area contributed by atoms with E-state index in [1.54, 1.807) is 0 Å². The first kappa shape index (κ1) is 17.0. The molecule has 1 aromatic rings. The van der Waals surface area contributed by atoms with Gasteiger partial charge in [0.05, 0.1) is 18.6 Å². The number of carboxylic acid groups (broad SMARTS) is 1. The summed E-state index contributed by atoms with van der Waals surface area (Å²) in [7, 11) is 0. The maximum absolute atomic E-state index is 12.1. The zero-order valence-electron chi connectivity index (χ0n) is 10.9. The van der Waals surface area contributed by atoms with E-state index in [2.05, 4.69) is 0 Å². The molecule has 0 saturated heterocycles. The molecule has 0 fully saturated rings. The van der Waals surface area contributed by atoms with E-state index in [9.17, 15) is 22.8 Å². The number of aromatic carboxylic acids is 1. The molecule has 0 aromatic heterocycles. The average molecular weight is 305 g/mol. The first-order valence-electron chi connectivity index (χ1n) is 6.06. The molecule has 0 radical (unpaired) electrons. The first-order valence-corrected chi connectivity index (χ1v) is 6.06. The molecular formula is C13H14F3NO4. The van der Waals surface area contributed by atoms with Crippen molar-refractivity contribution in [1.82, 2.24) is 0 Å². The van der Waals surface area contributed by atoms with Gasteiger partial charge < -0.3 is 15.1 Å². The number of benzene rings is 1. The van der Waals surface area contributed by atoms with Crippen molar-refractivity contribution < 1.29 is 33.0 Å². The summed E-state index contributed by atoms with van der Waals surface area (Å²) in [4.78, 5) is 23.5. The van der Waals surface area contributed by atoms with Gasteiger partial charge in [-0.1, -0.05) is 0 Å². The van der Waals surface area contributed by atoms with Gasteiger partial charge in [-0.25, -0.2) is 4.79 Å². The second-order valence-electron chi connectivity index (χ2n) is 4.24. The van der Waals surface area contributed by atoms with Gasteiger partial charge in [0.2, 0.25) is 5.91 Å². The Morgan fingerprint density at radius 2 is 1.71 bits per heavy atom. The molecule has 2 N–H and O–H groups in total. The monoisotopic (exact) mass is 305 g/mol. The minimum atomic E-state index is -4.44. The zero-order valence-corrected chi connectivity index (χ0v) is 10.9. The minimum absolute atomic E-state index is 0.00885. The van der Waals surface area contributed by atoms with Gasteiger partial charge in [-0.2, -0.15) is 13.2 Å². The van der Waals surface area contributed by atoms with Crippen molar-refractivity contribution in [3.05, 3.63) is 29.8 Å². The number of carbonyl (C=O) groups is 2. The zero-order chi connectivity index (χ0) is 16.0. The Bertz CT molecular complexity index is 499. The van der Waals surface area contributed by atoms with Crippen LogP contribution in [0.15, 0.2) is 24.3 Å². The number of nitrogens with zero attached hydrogens (tertiary/aromatic N) is 1. The van der Waals surface area contributed by atoms with Crippen molar-refractivity contribution in [3.63, 3.8) is 0 Å². The standard InChI is InChI=1S/C13H14F3NO4/c14-13(15,16)6-5-11(19)17(7-8-18)10-3-1-9(2-4-10)12(20)21/h1-4,18H,5-8H2,(H,20,21). The predicted molar refractivity (Wildman–Crippen MR) is 68.1 cm³/mol. The highest BCUT2D eigenvalue weighted by molar-refractivity contribution is 5.94. The Morgan fingerprint density at radius 1 is 1.14 bits per heavy atom. The molecule has 1 amide bonds. The van der Waals surface area contributed by atoms with Gasteiger partial charge in [0.1, 0.15) is 0 Å². The van der Waals surface area contributed by atoms with E-state index in [0.717, 1.165) is 4.90 Å².